The summed E-state index contributed by atoms with van der Waals surface area (Å²) in [5.74, 6) is -0.354. The van der Waals surface area contributed by atoms with Gasteiger partial charge in [0.2, 0.25) is 0 Å². The topological polar surface area (TPSA) is 50.1 Å². The van der Waals surface area contributed by atoms with Crippen molar-refractivity contribution in [1.82, 2.24) is 0 Å². The Morgan fingerprint density at radius 2 is 2.12 bits per heavy atom. The van der Waals surface area contributed by atoms with Crippen LogP contribution >= 0.6 is 11.3 Å². The number of benzene rings is 1. The Bertz CT molecular complexity index is 555. The highest BCUT2D eigenvalue weighted by atomic mass is 32.1. The Kier molecular flexibility index (Phi) is 3.53. The van der Waals surface area contributed by atoms with E-state index < -0.39 is 0 Å². The standard InChI is InChI=1S/C13H9NO2S/c14-8-10-4-1-2-5-11(10)9-16-13(15)12-6-3-7-17-12/h1-7H,9H2. The molecule has 0 spiro atoms. The van der Waals surface area contributed by atoms with Crippen molar-refractivity contribution in [2.24, 2.45) is 0 Å². The zero-order chi connectivity index (χ0) is 12.1. The number of esters is 1. The maximum atomic E-state index is 11.6. The van der Waals surface area contributed by atoms with Crippen molar-refractivity contribution in [3.63, 3.8) is 0 Å². The number of rotatable bonds is 3. The van der Waals surface area contributed by atoms with E-state index in [1.165, 1.54) is 11.3 Å². The quantitative estimate of drug-likeness (QED) is 0.779. The third kappa shape index (κ3) is 2.71. The van der Waals surface area contributed by atoms with Crippen LogP contribution in [0.5, 0.6) is 0 Å². The van der Waals surface area contributed by atoms with E-state index in [0.717, 1.165) is 5.56 Å². The first-order valence-electron chi connectivity index (χ1n) is 5.00. The fourth-order valence-corrected chi connectivity index (χ4v) is 1.98. The molecule has 1 aromatic carbocycles. The highest BCUT2D eigenvalue weighted by Gasteiger charge is 2.09. The number of nitrogens with zero attached hydrogens (tertiary/aromatic N) is 1. The van der Waals surface area contributed by atoms with Gasteiger partial charge in [-0.25, -0.2) is 4.79 Å². The van der Waals surface area contributed by atoms with Gasteiger partial charge in [0, 0.05) is 5.56 Å². The van der Waals surface area contributed by atoms with Crippen LogP contribution < -0.4 is 0 Å². The predicted octanol–water partition coefficient (Wildman–Crippen LogP) is 2.98. The summed E-state index contributed by atoms with van der Waals surface area (Å²) in [6.07, 6.45) is 0. The minimum absolute atomic E-state index is 0.125. The number of nitriles is 1. The summed E-state index contributed by atoms with van der Waals surface area (Å²) in [6.45, 7) is 0.125. The Labute approximate surface area is 103 Å². The molecule has 0 atom stereocenters. The smallest absolute Gasteiger partial charge is 0.348 e. The largest absolute Gasteiger partial charge is 0.457 e. The number of ether oxygens (including phenoxy) is 1. The minimum atomic E-state index is -0.354. The molecule has 0 radical (unpaired) electrons. The van der Waals surface area contributed by atoms with Gasteiger partial charge in [-0.15, -0.1) is 11.3 Å². The van der Waals surface area contributed by atoms with Crippen molar-refractivity contribution in [3.8, 4) is 6.07 Å². The predicted molar refractivity (Wildman–Crippen MR) is 64.6 cm³/mol. The number of hydrogen-bond donors (Lipinski definition) is 0. The molecule has 0 aliphatic rings. The molecule has 17 heavy (non-hydrogen) atoms. The molecule has 0 bridgehead atoms. The van der Waals surface area contributed by atoms with Crippen LogP contribution in [0.25, 0.3) is 0 Å². The average Bonchev–Trinajstić information content (AvgIpc) is 2.90. The van der Waals surface area contributed by atoms with Crippen LogP contribution in [-0.2, 0) is 11.3 Å². The summed E-state index contributed by atoms with van der Waals surface area (Å²) in [6, 6.07) is 12.6. The Morgan fingerprint density at radius 3 is 2.82 bits per heavy atom. The van der Waals surface area contributed by atoms with Gasteiger partial charge in [-0.2, -0.15) is 5.26 Å². The monoisotopic (exact) mass is 243 g/mol. The van der Waals surface area contributed by atoms with E-state index in [9.17, 15) is 4.79 Å². The fourth-order valence-electron chi connectivity index (χ4n) is 1.36. The Hall–Kier alpha value is -2.12. The van der Waals surface area contributed by atoms with E-state index in [1.807, 2.05) is 11.4 Å². The van der Waals surface area contributed by atoms with Gasteiger partial charge in [-0.1, -0.05) is 24.3 Å². The Balaban J connectivity index is 2.04. The van der Waals surface area contributed by atoms with Gasteiger partial charge in [-0.05, 0) is 17.5 Å². The molecule has 0 saturated carbocycles. The number of carbonyl (C=O) groups is 1. The average molecular weight is 243 g/mol. The van der Waals surface area contributed by atoms with Crippen molar-refractivity contribution < 1.29 is 9.53 Å². The molecule has 1 heterocycles. The fraction of sp³-hybridized carbons (Fsp3) is 0.0769. The lowest BCUT2D eigenvalue weighted by atomic mass is 10.1. The molecular weight excluding hydrogens is 234 g/mol. The van der Waals surface area contributed by atoms with Crippen LogP contribution in [0.4, 0.5) is 0 Å². The first-order valence-corrected chi connectivity index (χ1v) is 5.88. The van der Waals surface area contributed by atoms with Gasteiger partial charge >= 0.3 is 5.97 Å². The first-order chi connectivity index (χ1) is 8.31. The van der Waals surface area contributed by atoms with Crippen LogP contribution in [0.15, 0.2) is 41.8 Å². The van der Waals surface area contributed by atoms with Gasteiger partial charge in [0.25, 0.3) is 0 Å². The van der Waals surface area contributed by atoms with Crippen molar-refractivity contribution in [2.45, 2.75) is 6.61 Å². The summed E-state index contributed by atoms with van der Waals surface area (Å²) >= 11 is 1.34. The second-order valence-corrected chi connectivity index (χ2v) is 4.27. The maximum absolute atomic E-state index is 11.6. The van der Waals surface area contributed by atoms with Crippen LogP contribution in [0.2, 0.25) is 0 Å². The molecule has 1 aromatic heterocycles. The second-order valence-electron chi connectivity index (χ2n) is 3.32. The van der Waals surface area contributed by atoms with Gasteiger partial charge in [0.1, 0.15) is 11.5 Å². The van der Waals surface area contributed by atoms with Crippen molar-refractivity contribution in [3.05, 3.63) is 57.8 Å². The van der Waals surface area contributed by atoms with Crippen LogP contribution in [0, 0.1) is 11.3 Å². The molecule has 0 saturated heterocycles. The van der Waals surface area contributed by atoms with Crippen molar-refractivity contribution in [2.75, 3.05) is 0 Å². The highest BCUT2D eigenvalue weighted by molar-refractivity contribution is 7.11. The molecule has 4 heteroatoms. The van der Waals surface area contributed by atoms with Crippen LogP contribution in [0.3, 0.4) is 0 Å². The zero-order valence-electron chi connectivity index (χ0n) is 8.92. The molecule has 3 nitrogen and oxygen atoms in total. The normalized spacial score (nSPS) is 9.59. The van der Waals surface area contributed by atoms with Crippen LogP contribution in [0.1, 0.15) is 20.8 Å². The molecule has 0 amide bonds. The van der Waals surface area contributed by atoms with Crippen LogP contribution in [-0.4, -0.2) is 5.97 Å². The summed E-state index contributed by atoms with van der Waals surface area (Å²) in [5.41, 5.74) is 1.26. The van der Waals surface area contributed by atoms with Gasteiger partial charge in [0.05, 0.1) is 11.6 Å². The van der Waals surface area contributed by atoms with Crippen molar-refractivity contribution in [1.29, 1.82) is 5.26 Å². The van der Waals surface area contributed by atoms with E-state index in [4.69, 9.17) is 10.00 Å². The van der Waals surface area contributed by atoms with E-state index in [1.54, 1.807) is 30.3 Å². The molecule has 2 aromatic rings. The molecule has 0 fully saturated rings. The molecule has 84 valence electrons. The molecular formula is C13H9NO2S. The summed E-state index contributed by atoms with van der Waals surface area (Å²) in [4.78, 5) is 12.2. The van der Waals surface area contributed by atoms with E-state index in [0.29, 0.717) is 10.4 Å². The maximum Gasteiger partial charge on any atom is 0.348 e. The van der Waals surface area contributed by atoms with E-state index in [-0.39, 0.29) is 12.6 Å². The summed E-state index contributed by atoms with van der Waals surface area (Å²) < 4.78 is 5.14. The van der Waals surface area contributed by atoms with Crippen molar-refractivity contribution >= 4 is 17.3 Å². The summed E-state index contributed by atoms with van der Waals surface area (Å²) in [7, 11) is 0. The minimum Gasteiger partial charge on any atom is -0.457 e. The Morgan fingerprint density at radius 1 is 1.29 bits per heavy atom. The molecule has 0 unspecified atom stereocenters. The lowest BCUT2D eigenvalue weighted by molar-refractivity contribution is 0.0478. The molecule has 0 aliphatic heterocycles. The first kappa shape index (κ1) is 11.4. The zero-order valence-corrected chi connectivity index (χ0v) is 9.74. The lowest BCUT2D eigenvalue weighted by Gasteiger charge is -2.04. The molecule has 0 aliphatic carbocycles. The molecule has 2 rings (SSSR count). The van der Waals surface area contributed by atoms with E-state index in [2.05, 4.69) is 6.07 Å². The molecule has 0 N–H and O–H groups in total. The number of thiophene rings is 1. The second kappa shape index (κ2) is 5.28. The number of hydrogen-bond acceptors (Lipinski definition) is 4. The van der Waals surface area contributed by atoms with E-state index >= 15 is 0 Å². The lowest BCUT2D eigenvalue weighted by Crippen LogP contribution is -2.04. The van der Waals surface area contributed by atoms with Gasteiger partial charge in [-0.3, -0.25) is 0 Å². The third-order valence-corrected chi connectivity index (χ3v) is 3.07. The number of carbonyl (C=O) groups excluding carboxylic acids is 1. The van der Waals surface area contributed by atoms with Gasteiger partial charge in [0.15, 0.2) is 0 Å². The third-order valence-electron chi connectivity index (χ3n) is 2.22. The van der Waals surface area contributed by atoms with Gasteiger partial charge < -0.3 is 4.74 Å². The highest BCUT2D eigenvalue weighted by Crippen LogP contribution is 2.13. The summed E-state index contributed by atoms with van der Waals surface area (Å²) in [5, 5.41) is 10.7. The SMILES string of the molecule is N#Cc1ccccc1COC(=O)c1cccs1.